The van der Waals surface area contributed by atoms with Gasteiger partial charge in [0.2, 0.25) is 0 Å². The standard InChI is InChI=1S/C13H14F2N2S/c1-8(13-9(2)17-7-18-13)16-6-10-3-4-11(14)12(15)5-10/h3-5,7-8,16H,6H2,1-2H3. The molecule has 2 rings (SSSR count). The maximum Gasteiger partial charge on any atom is 0.159 e. The molecule has 5 heteroatoms. The van der Waals surface area contributed by atoms with E-state index in [1.54, 1.807) is 22.9 Å². The van der Waals surface area contributed by atoms with E-state index in [0.717, 1.165) is 22.2 Å². The fraction of sp³-hybridized carbons (Fsp3) is 0.308. The molecule has 0 radical (unpaired) electrons. The molecular formula is C13H14F2N2S. The van der Waals surface area contributed by atoms with E-state index in [1.165, 1.54) is 6.07 Å². The summed E-state index contributed by atoms with van der Waals surface area (Å²) in [5, 5.41) is 3.27. The van der Waals surface area contributed by atoms with Gasteiger partial charge >= 0.3 is 0 Å². The molecular weight excluding hydrogens is 254 g/mol. The third-order valence-electron chi connectivity index (χ3n) is 2.77. The summed E-state index contributed by atoms with van der Waals surface area (Å²) in [5.74, 6) is -1.62. The second-order valence-electron chi connectivity index (χ2n) is 4.15. The molecule has 2 aromatic rings. The highest BCUT2D eigenvalue weighted by atomic mass is 32.1. The maximum absolute atomic E-state index is 13.0. The molecule has 0 saturated carbocycles. The normalized spacial score (nSPS) is 12.7. The van der Waals surface area contributed by atoms with Gasteiger partial charge in [-0.2, -0.15) is 0 Å². The van der Waals surface area contributed by atoms with Crippen LogP contribution in [0, 0.1) is 18.6 Å². The number of benzene rings is 1. The molecule has 1 N–H and O–H groups in total. The van der Waals surface area contributed by atoms with Crippen LogP contribution in [0.1, 0.15) is 29.1 Å². The summed E-state index contributed by atoms with van der Waals surface area (Å²) in [5.41, 5.74) is 3.54. The van der Waals surface area contributed by atoms with Crippen molar-refractivity contribution in [1.82, 2.24) is 10.3 Å². The molecule has 2 nitrogen and oxygen atoms in total. The molecule has 0 spiro atoms. The zero-order valence-corrected chi connectivity index (χ0v) is 11.0. The number of halogens is 2. The summed E-state index contributed by atoms with van der Waals surface area (Å²) in [6.45, 7) is 4.48. The molecule has 0 bridgehead atoms. The number of aryl methyl sites for hydroxylation is 1. The van der Waals surface area contributed by atoms with Crippen LogP contribution in [0.15, 0.2) is 23.7 Å². The van der Waals surface area contributed by atoms with Gasteiger partial charge in [-0.05, 0) is 31.5 Å². The van der Waals surface area contributed by atoms with Crippen molar-refractivity contribution in [2.45, 2.75) is 26.4 Å². The van der Waals surface area contributed by atoms with Crippen molar-refractivity contribution < 1.29 is 8.78 Å². The topological polar surface area (TPSA) is 24.9 Å². The first-order chi connectivity index (χ1) is 8.58. The second kappa shape index (κ2) is 5.54. The van der Waals surface area contributed by atoms with Crippen LogP contribution in [0.25, 0.3) is 0 Å². The minimum atomic E-state index is -0.815. The van der Waals surface area contributed by atoms with E-state index in [0.29, 0.717) is 6.54 Å². The number of hydrogen-bond donors (Lipinski definition) is 1. The number of nitrogens with zero attached hydrogens (tertiary/aromatic N) is 1. The first kappa shape index (κ1) is 13.1. The van der Waals surface area contributed by atoms with Crippen molar-refractivity contribution in [3.05, 3.63) is 51.5 Å². The molecule has 0 aliphatic carbocycles. The Balaban J connectivity index is 1.99. The summed E-state index contributed by atoms with van der Waals surface area (Å²) < 4.78 is 25.8. The summed E-state index contributed by atoms with van der Waals surface area (Å²) in [7, 11) is 0. The number of thiazole rings is 1. The van der Waals surface area contributed by atoms with Crippen molar-refractivity contribution in [3.8, 4) is 0 Å². The molecule has 96 valence electrons. The first-order valence-electron chi connectivity index (χ1n) is 5.65. The lowest BCUT2D eigenvalue weighted by atomic mass is 10.2. The number of nitrogens with one attached hydrogen (secondary N) is 1. The van der Waals surface area contributed by atoms with E-state index >= 15 is 0 Å². The highest BCUT2D eigenvalue weighted by molar-refractivity contribution is 7.09. The molecule has 1 atom stereocenters. The molecule has 0 aliphatic rings. The predicted octanol–water partition coefficient (Wildman–Crippen LogP) is 3.58. The fourth-order valence-electron chi connectivity index (χ4n) is 1.74. The molecule has 0 amide bonds. The molecule has 18 heavy (non-hydrogen) atoms. The molecule has 1 unspecified atom stereocenters. The molecule has 1 aromatic carbocycles. The van der Waals surface area contributed by atoms with E-state index in [2.05, 4.69) is 10.3 Å². The van der Waals surface area contributed by atoms with Gasteiger partial charge in [0.15, 0.2) is 11.6 Å². The number of aromatic nitrogens is 1. The lowest BCUT2D eigenvalue weighted by Gasteiger charge is -2.13. The fourth-order valence-corrected chi connectivity index (χ4v) is 2.57. The minimum absolute atomic E-state index is 0.144. The van der Waals surface area contributed by atoms with E-state index in [4.69, 9.17) is 0 Å². The van der Waals surface area contributed by atoms with E-state index in [-0.39, 0.29) is 6.04 Å². The van der Waals surface area contributed by atoms with Gasteiger partial charge in [0.25, 0.3) is 0 Å². The zero-order chi connectivity index (χ0) is 13.1. The Kier molecular flexibility index (Phi) is 4.04. The van der Waals surface area contributed by atoms with Crippen molar-refractivity contribution in [2.75, 3.05) is 0 Å². The smallest absolute Gasteiger partial charge is 0.159 e. The minimum Gasteiger partial charge on any atom is -0.305 e. The Morgan fingerprint density at radius 3 is 2.72 bits per heavy atom. The summed E-state index contributed by atoms with van der Waals surface area (Å²) in [6, 6.07) is 4.09. The van der Waals surface area contributed by atoms with Gasteiger partial charge in [-0.3, -0.25) is 0 Å². The third-order valence-corrected chi connectivity index (χ3v) is 3.89. The lowest BCUT2D eigenvalue weighted by molar-refractivity contribution is 0.504. The largest absolute Gasteiger partial charge is 0.305 e. The maximum atomic E-state index is 13.0. The van der Waals surface area contributed by atoms with Crippen LogP contribution in [-0.2, 0) is 6.54 Å². The zero-order valence-electron chi connectivity index (χ0n) is 10.2. The number of hydrogen-bond acceptors (Lipinski definition) is 3. The SMILES string of the molecule is Cc1ncsc1C(C)NCc1ccc(F)c(F)c1. The molecule has 1 heterocycles. The third kappa shape index (κ3) is 2.91. The van der Waals surface area contributed by atoms with Crippen LogP contribution in [0.4, 0.5) is 8.78 Å². The van der Waals surface area contributed by atoms with Gasteiger partial charge in [0.05, 0.1) is 11.2 Å². The Bertz CT molecular complexity index is 540. The first-order valence-corrected chi connectivity index (χ1v) is 6.53. The van der Waals surface area contributed by atoms with Crippen molar-refractivity contribution in [2.24, 2.45) is 0 Å². The predicted molar refractivity (Wildman–Crippen MR) is 68.5 cm³/mol. The Hall–Kier alpha value is -1.33. The van der Waals surface area contributed by atoms with Gasteiger partial charge in [-0.25, -0.2) is 13.8 Å². The molecule has 1 aromatic heterocycles. The van der Waals surface area contributed by atoms with Gasteiger partial charge in [-0.15, -0.1) is 11.3 Å². The van der Waals surface area contributed by atoms with Gasteiger partial charge in [0.1, 0.15) is 0 Å². The van der Waals surface area contributed by atoms with E-state index in [1.807, 2.05) is 13.8 Å². The van der Waals surface area contributed by atoms with Crippen molar-refractivity contribution >= 4 is 11.3 Å². The Labute approximate surface area is 109 Å². The van der Waals surface area contributed by atoms with Gasteiger partial charge in [0, 0.05) is 17.5 Å². The van der Waals surface area contributed by atoms with Crippen LogP contribution < -0.4 is 5.32 Å². The van der Waals surface area contributed by atoms with Crippen LogP contribution >= 0.6 is 11.3 Å². The summed E-state index contributed by atoms with van der Waals surface area (Å²) in [6.07, 6.45) is 0. The van der Waals surface area contributed by atoms with Crippen LogP contribution in [0.5, 0.6) is 0 Å². The van der Waals surface area contributed by atoms with Gasteiger partial charge < -0.3 is 5.32 Å². The second-order valence-corrected chi connectivity index (χ2v) is 5.04. The monoisotopic (exact) mass is 268 g/mol. The van der Waals surface area contributed by atoms with Crippen LogP contribution in [0.3, 0.4) is 0 Å². The molecule has 0 aliphatic heterocycles. The van der Waals surface area contributed by atoms with Crippen LogP contribution in [-0.4, -0.2) is 4.98 Å². The average Bonchev–Trinajstić information content (AvgIpc) is 2.77. The van der Waals surface area contributed by atoms with E-state index < -0.39 is 11.6 Å². The highest BCUT2D eigenvalue weighted by Gasteiger charge is 2.10. The number of rotatable bonds is 4. The van der Waals surface area contributed by atoms with Crippen molar-refractivity contribution in [1.29, 1.82) is 0 Å². The molecule has 0 saturated heterocycles. The Morgan fingerprint density at radius 2 is 2.11 bits per heavy atom. The quantitative estimate of drug-likeness (QED) is 0.916. The highest BCUT2D eigenvalue weighted by Crippen LogP contribution is 2.21. The van der Waals surface area contributed by atoms with Crippen LogP contribution in [0.2, 0.25) is 0 Å². The summed E-state index contributed by atoms with van der Waals surface area (Å²) >= 11 is 1.59. The van der Waals surface area contributed by atoms with E-state index in [9.17, 15) is 8.78 Å². The summed E-state index contributed by atoms with van der Waals surface area (Å²) in [4.78, 5) is 5.35. The van der Waals surface area contributed by atoms with Crippen molar-refractivity contribution in [3.63, 3.8) is 0 Å². The Morgan fingerprint density at radius 1 is 1.33 bits per heavy atom. The van der Waals surface area contributed by atoms with Gasteiger partial charge in [-0.1, -0.05) is 6.07 Å². The molecule has 0 fully saturated rings. The lowest BCUT2D eigenvalue weighted by Crippen LogP contribution is -2.18. The average molecular weight is 268 g/mol.